The van der Waals surface area contributed by atoms with E-state index in [1.807, 2.05) is 0 Å². The van der Waals surface area contributed by atoms with E-state index in [1.165, 1.54) is 36.8 Å². The van der Waals surface area contributed by atoms with Crippen LogP contribution in [0.5, 0.6) is 0 Å². The van der Waals surface area contributed by atoms with Gasteiger partial charge in [-0.3, -0.25) is 0 Å². The Hall–Kier alpha value is -0.560. The van der Waals surface area contributed by atoms with Gasteiger partial charge in [-0.1, -0.05) is 63.3 Å². The largest absolute Gasteiger partial charge is 0.377 e. The first kappa shape index (κ1) is 20.4. The fourth-order valence-electron chi connectivity index (χ4n) is 2.28. The van der Waals surface area contributed by atoms with Gasteiger partial charge < -0.3 is 4.74 Å². The first-order valence-corrected chi connectivity index (χ1v) is 8.78. The van der Waals surface area contributed by atoms with E-state index in [9.17, 15) is 0 Å². The molecule has 0 saturated heterocycles. The Balaban J connectivity index is 3.54. The maximum atomic E-state index is 5.74. The lowest BCUT2D eigenvalue weighted by Gasteiger charge is -2.12. The topological polar surface area (TPSA) is 9.23 Å². The average molecular weight is 295 g/mol. The quantitative estimate of drug-likeness (QED) is 0.293. The van der Waals surface area contributed by atoms with Crippen LogP contribution in [0.1, 0.15) is 80.1 Å². The monoisotopic (exact) mass is 294 g/mol. The zero-order chi connectivity index (χ0) is 16.1. The minimum absolute atomic E-state index is 0.777. The summed E-state index contributed by atoms with van der Waals surface area (Å²) in [6.45, 7) is 15.2. The number of allylic oxidation sites excluding steroid dienone is 3. The lowest BCUT2D eigenvalue weighted by molar-refractivity contribution is 0.145. The van der Waals surface area contributed by atoms with Crippen LogP contribution in [-0.2, 0) is 4.74 Å². The maximum absolute atomic E-state index is 5.74. The van der Waals surface area contributed by atoms with Crippen molar-refractivity contribution in [2.24, 2.45) is 11.8 Å². The van der Waals surface area contributed by atoms with E-state index in [1.54, 1.807) is 0 Å². The van der Waals surface area contributed by atoms with Crippen LogP contribution in [0.15, 0.2) is 23.3 Å². The highest BCUT2D eigenvalue weighted by Crippen LogP contribution is 2.15. The van der Waals surface area contributed by atoms with Gasteiger partial charge in [-0.05, 0) is 51.9 Å². The van der Waals surface area contributed by atoms with Gasteiger partial charge >= 0.3 is 0 Å². The molecule has 0 unspecified atom stereocenters. The van der Waals surface area contributed by atoms with Gasteiger partial charge in [-0.2, -0.15) is 0 Å². The van der Waals surface area contributed by atoms with Crippen LogP contribution in [-0.4, -0.2) is 13.2 Å². The molecule has 0 fully saturated rings. The van der Waals surface area contributed by atoms with Crippen LogP contribution in [0, 0.1) is 11.8 Å². The Morgan fingerprint density at radius 3 is 2.29 bits per heavy atom. The molecule has 0 aliphatic rings. The van der Waals surface area contributed by atoms with Crippen LogP contribution < -0.4 is 0 Å². The van der Waals surface area contributed by atoms with E-state index < -0.39 is 0 Å². The third-order valence-corrected chi connectivity index (χ3v) is 3.87. The summed E-state index contributed by atoms with van der Waals surface area (Å²) in [6, 6.07) is 0. The van der Waals surface area contributed by atoms with Gasteiger partial charge in [0.2, 0.25) is 0 Å². The normalized spacial score (nSPS) is 13.6. The molecule has 0 spiro atoms. The highest BCUT2D eigenvalue weighted by molar-refractivity contribution is 5.02. The van der Waals surface area contributed by atoms with Crippen LogP contribution in [0.2, 0.25) is 0 Å². The first-order chi connectivity index (χ1) is 9.91. The fraction of sp³-hybridized carbons (Fsp3) is 0.800. The smallest absolute Gasteiger partial charge is 0.0649 e. The van der Waals surface area contributed by atoms with Crippen molar-refractivity contribution in [3.8, 4) is 0 Å². The molecule has 0 aromatic carbocycles. The SMILES string of the molecule is CC(C)=CCC/C(C)=C/COCC[C@H](C)CCCC(C)C. The zero-order valence-corrected chi connectivity index (χ0v) is 15.4. The average Bonchev–Trinajstić information content (AvgIpc) is 2.37. The van der Waals surface area contributed by atoms with E-state index in [0.29, 0.717) is 0 Å². The van der Waals surface area contributed by atoms with Gasteiger partial charge in [0, 0.05) is 6.61 Å². The van der Waals surface area contributed by atoms with Gasteiger partial charge in [0.1, 0.15) is 0 Å². The summed E-state index contributed by atoms with van der Waals surface area (Å²) in [5, 5.41) is 0. The standard InChI is InChI=1S/C20H38O/c1-17(2)9-7-11-19(5)13-15-21-16-14-20(6)12-8-10-18(3)4/h9,13,18,20H,7-8,10-12,14-16H2,1-6H3/b19-13+/t20-/m1/s1. The molecule has 0 heterocycles. The second-order valence-corrected chi connectivity index (χ2v) is 7.16. The van der Waals surface area contributed by atoms with Crippen molar-refractivity contribution in [1.82, 2.24) is 0 Å². The van der Waals surface area contributed by atoms with Crippen LogP contribution in [0.25, 0.3) is 0 Å². The molecule has 0 bridgehead atoms. The third-order valence-electron chi connectivity index (χ3n) is 3.87. The van der Waals surface area contributed by atoms with E-state index in [4.69, 9.17) is 4.74 Å². The highest BCUT2D eigenvalue weighted by Gasteiger charge is 2.03. The number of hydrogen-bond donors (Lipinski definition) is 0. The Morgan fingerprint density at radius 2 is 1.67 bits per heavy atom. The lowest BCUT2D eigenvalue weighted by Crippen LogP contribution is -2.03. The summed E-state index contributed by atoms with van der Waals surface area (Å²) in [6.07, 6.45) is 12.1. The van der Waals surface area contributed by atoms with Gasteiger partial charge in [0.25, 0.3) is 0 Å². The van der Waals surface area contributed by atoms with Crippen molar-refractivity contribution in [2.45, 2.75) is 80.1 Å². The highest BCUT2D eigenvalue weighted by atomic mass is 16.5. The van der Waals surface area contributed by atoms with Gasteiger partial charge in [-0.15, -0.1) is 0 Å². The molecule has 0 aliphatic carbocycles. The summed E-state index contributed by atoms with van der Waals surface area (Å²) >= 11 is 0. The maximum Gasteiger partial charge on any atom is 0.0649 e. The predicted octanol–water partition coefficient (Wildman–Crippen LogP) is 6.55. The summed E-state index contributed by atoms with van der Waals surface area (Å²) in [5.74, 6) is 1.64. The molecule has 0 aliphatic heterocycles. The van der Waals surface area contributed by atoms with Crippen molar-refractivity contribution >= 4 is 0 Å². The zero-order valence-electron chi connectivity index (χ0n) is 15.4. The van der Waals surface area contributed by atoms with E-state index in [-0.39, 0.29) is 0 Å². The summed E-state index contributed by atoms with van der Waals surface area (Å²) in [7, 11) is 0. The van der Waals surface area contributed by atoms with Gasteiger partial charge in [0.15, 0.2) is 0 Å². The van der Waals surface area contributed by atoms with Crippen molar-refractivity contribution in [2.75, 3.05) is 13.2 Å². The van der Waals surface area contributed by atoms with Crippen LogP contribution in [0.4, 0.5) is 0 Å². The van der Waals surface area contributed by atoms with Gasteiger partial charge in [0.05, 0.1) is 6.61 Å². The van der Waals surface area contributed by atoms with E-state index >= 15 is 0 Å². The van der Waals surface area contributed by atoms with Gasteiger partial charge in [-0.25, -0.2) is 0 Å². The van der Waals surface area contributed by atoms with Crippen molar-refractivity contribution in [3.63, 3.8) is 0 Å². The molecule has 0 saturated carbocycles. The molecule has 1 heteroatoms. The van der Waals surface area contributed by atoms with Crippen molar-refractivity contribution in [1.29, 1.82) is 0 Å². The fourth-order valence-corrected chi connectivity index (χ4v) is 2.28. The summed E-state index contributed by atoms with van der Waals surface area (Å²) in [4.78, 5) is 0. The minimum atomic E-state index is 0.777. The molecule has 1 nitrogen and oxygen atoms in total. The summed E-state index contributed by atoms with van der Waals surface area (Å²) < 4.78 is 5.74. The molecule has 1 atom stereocenters. The van der Waals surface area contributed by atoms with Crippen molar-refractivity contribution in [3.05, 3.63) is 23.3 Å². The minimum Gasteiger partial charge on any atom is -0.377 e. The van der Waals surface area contributed by atoms with Crippen LogP contribution in [0.3, 0.4) is 0 Å². The molecule has 0 radical (unpaired) electrons. The number of rotatable bonds is 12. The van der Waals surface area contributed by atoms with Crippen molar-refractivity contribution < 1.29 is 4.74 Å². The predicted molar refractivity (Wildman–Crippen MR) is 95.7 cm³/mol. The lowest BCUT2D eigenvalue weighted by atomic mass is 9.98. The number of hydrogen-bond acceptors (Lipinski definition) is 1. The third kappa shape index (κ3) is 15.6. The summed E-state index contributed by atoms with van der Waals surface area (Å²) in [5.41, 5.74) is 2.85. The van der Waals surface area contributed by atoms with E-state index in [2.05, 4.69) is 53.7 Å². The molecular weight excluding hydrogens is 256 g/mol. The molecule has 0 rings (SSSR count). The molecular formula is C20H38O. The first-order valence-electron chi connectivity index (χ1n) is 8.78. The Kier molecular flexibility index (Phi) is 12.8. The molecule has 21 heavy (non-hydrogen) atoms. The molecule has 0 N–H and O–H groups in total. The number of ether oxygens (including phenoxy) is 1. The second-order valence-electron chi connectivity index (χ2n) is 7.16. The molecule has 0 aromatic heterocycles. The van der Waals surface area contributed by atoms with E-state index in [0.717, 1.165) is 37.9 Å². The Labute approximate surface area is 133 Å². The second kappa shape index (κ2) is 13.1. The Bertz CT molecular complexity index is 295. The molecule has 0 aromatic rings. The Morgan fingerprint density at radius 1 is 0.952 bits per heavy atom. The molecule has 124 valence electrons. The van der Waals surface area contributed by atoms with Crippen LogP contribution >= 0.6 is 0 Å². The molecule has 0 amide bonds.